The third-order valence-corrected chi connectivity index (χ3v) is 5.91. The van der Waals surface area contributed by atoms with Gasteiger partial charge in [0.15, 0.2) is 0 Å². The highest BCUT2D eigenvalue weighted by Crippen LogP contribution is 2.45. The summed E-state index contributed by atoms with van der Waals surface area (Å²) in [5.41, 5.74) is 0.514. The number of halogens is 6. The molecule has 156 valence electrons. The lowest BCUT2D eigenvalue weighted by atomic mass is 10.1. The summed E-state index contributed by atoms with van der Waals surface area (Å²) in [6, 6.07) is 14.6. The summed E-state index contributed by atoms with van der Waals surface area (Å²) in [4.78, 5) is 1.71. The Morgan fingerprint density at radius 3 is 1.97 bits per heavy atom. The van der Waals surface area contributed by atoms with Crippen molar-refractivity contribution < 1.29 is 31.1 Å². The molecule has 0 bridgehead atoms. The van der Waals surface area contributed by atoms with Crippen molar-refractivity contribution >= 4 is 42.9 Å². The van der Waals surface area contributed by atoms with Gasteiger partial charge in [-0.05, 0) is 36.4 Å². The smallest absolute Gasteiger partial charge is 0.406 e. The van der Waals surface area contributed by atoms with Gasteiger partial charge in [-0.3, -0.25) is 0 Å². The quantitative estimate of drug-likeness (QED) is 0.302. The highest BCUT2D eigenvalue weighted by atomic mass is 32.1. The van der Waals surface area contributed by atoms with Crippen LogP contribution >= 0.6 is 11.3 Å². The molecule has 9 heteroatoms. The number of rotatable bonds is 3. The van der Waals surface area contributed by atoms with Crippen molar-refractivity contribution in [1.82, 2.24) is 0 Å². The van der Waals surface area contributed by atoms with Crippen molar-refractivity contribution in [2.45, 2.75) is 12.5 Å². The number of alkyl halides is 6. The van der Waals surface area contributed by atoms with E-state index in [1.807, 2.05) is 0 Å². The predicted molar refractivity (Wildman–Crippen MR) is 106 cm³/mol. The van der Waals surface area contributed by atoms with Gasteiger partial charge in [0, 0.05) is 28.2 Å². The van der Waals surface area contributed by atoms with Gasteiger partial charge in [0.05, 0.1) is 16.0 Å². The van der Waals surface area contributed by atoms with E-state index in [-0.39, 0.29) is 10.4 Å². The van der Waals surface area contributed by atoms with Crippen LogP contribution in [0.1, 0.15) is 5.56 Å². The molecule has 0 saturated carbocycles. The lowest BCUT2D eigenvalue weighted by molar-refractivity contribution is -0.274. The van der Waals surface area contributed by atoms with E-state index in [2.05, 4.69) is 4.74 Å². The Bertz CT molecular complexity index is 1210. The fourth-order valence-electron chi connectivity index (χ4n) is 3.30. The normalized spacial score (nSPS) is 12.5. The maximum Gasteiger partial charge on any atom is 0.573 e. The molecule has 0 atom stereocenters. The van der Waals surface area contributed by atoms with Gasteiger partial charge in [0.25, 0.3) is 0 Å². The summed E-state index contributed by atoms with van der Waals surface area (Å²) in [7, 11) is 1.70. The molecule has 4 aromatic rings. The maximum absolute atomic E-state index is 13.4. The Kier molecular flexibility index (Phi) is 4.80. The van der Waals surface area contributed by atoms with E-state index in [9.17, 15) is 26.3 Å². The molecule has 0 spiro atoms. The number of thiophene rings is 1. The molecule has 0 aliphatic rings. The van der Waals surface area contributed by atoms with Gasteiger partial charge in [0.2, 0.25) is 0 Å². The van der Waals surface area contributed by atoms with Gasteiger partial charge >= 0.3 is 12.5 Å². The summed E-state index contributed by atoms with van der Waals surface area (Å²) in [5.74, 6) is -0.352. The minimum atomic E-state index is -4.79. The number of ether oxygens (including phenoxy) is 1. The molecule has 0 N–H and O–H groups in total. The molecular formula is C21H13F6NOS. The second-order valence-electron chi connectivity index (χ2n) is 6.54. The van der Waals surface area contributed by atoms with Crippen LogP contribution in [0.5, 0.6) is 5.75 Å². The largest absolute Gasteiger partial charge is 0.573 e. The van der Waals surface area contributed by atoms with E-state index in [4.69, 9.17) is 0 Å². The second-order valence-corrected chi connectivity index (χ2v) is 7.56. The molecule has 1 heterocycles. The van der Waals surface area contributed by atoms with Crippen LogP contribution in [0, 0.1) is 0 Å². The Hall–Kier alpha value is -2.94. The monoisotopic (exact) mass is 441 g/mol. The third kappa shape index (κ3) is 3.77. The van der Waals surface area contributed by atoms with Crippen molar-refractivity contribution in [3.05, 3.63) is 66.2 Å². The predicted octanol–water partition coefficient (Wildman–Crippen LogP) is 7.74. The molecule has 0 fully saturated rings. The summed E-state index contributed by atoms with van der Waals surface area (Å²) in [5, 5.41) is 1.19. The Morgan fingerprint density at radius 1 is 0.767 bits per heavy atom. The van der Waals surface area contributed by atoms with Gasteiger partial charge in [-0.25, -0.2) is 0 Å². The number of hydrogen-bond acceptors (Lipinski definition) is 3. The first-order valence-electron chi connectivity index (χ1n) is 8.65. The lowest BCUT2D eigenvalue weighted by Gasteiger charge is -2.20. The van der Waals surface area contributed by atoms with Crippen LogP contribution in [0.2, 0.25) is 0 Å². The van der Waals surface area contributed by atoms with E-state index in [1.165, 1.54) is 30.3 Å². The van der Waals surface area contributed by atoms with Gasteiger partial charge in [-0.15, -0.1) is 24.5 Å². The van der Waals surface area contributed by atoms with Crippen molar-refractivity contribution in [2.75, 3.05) is 11.9 Å². The Morgan fingerprint density at radius 2 is 1.37 bits per heavy atom. The van der Waals surface area contributed by atoms with Crippen molar-refractivity contribution in [3.8, 4) is 5.75 Å². The van der Waals surface area contributed by atoms with Gasteiger partial charge < -0.3 is 9.64 Å². The summed E-state index contributed by atoms with van der Waals surface area (Å²) in [6.45, 7) is 0. The molecule has 30 heavy (non-hydrogen) atoms. The zero-order chi connectivity index (χ0) is 21.7. The molecule has 0 saturated heterocycles. The molecule has 0 radical (unpaired) electrons. The number of anilines is 2. The lowest BCUT2D eigenvalue weighted by Crippen LogP contribution is -2.17. The van der Waals surface area contributed by atoms with Crippen LogP contribution in [0.15, 0.2) is 60.7 Å². The van der Waals surface area contributed by atoms with E-state index in [0.717, 1.165) is 17.4 Å². The molecule has 2 nitrogen and oxygen atoms in total. The molecule has 0 amide bonds. The van der Waals surface area contributed by atoms with Crippen LogP contribution in [-0.4, -0.2) is 13.4 Å². The van der Waals surface area contributed by atoms with Gasteiger partial charge in [0.1, 0.15) is 5.75 Å². The van der Waals surface area contributed by atoms with Gasteiger partial charge in [-0.1, -0.05) is 24.3 Å². The van der Waals surface area contributed by atoms with E-state index >= 15 is 0 Å². The summed E-state index contributed by atoms with van der Waals surface area (Å²) in [6.07, 6.45) is -9.26. The maximum atomic E-state index is 13.4. The summed E-state index contributed by atoms with van der Waals surface area (Å²) < 4.78 is 82.0. The average molecular weight is 441 g/mol. The summed E-state index contributed by atoms with van der Waals surface area (Å²) >= 11 is 1.04. The molecule has 4 rings (SSSR count). The van der Waals surface area contributed by atoms with Crippen molar-refractivity contribution in [1.29, 1.82) is 0 Å². The minimum absolute atomic E-state index is 0.148. The molecule has 0 unspecified atom stereocenters. The highest BCUT2D eigenvalue weighted by molar-refractivity contribution is 7.26. The second kappa shape index (κ2) is 7.09. The highest BCUT2D eigenvalue weighted by Gasteiger charge is 2.34. The van der Waals surface area contributed by atoms with Crippen molar-refractivity contribution in [3.63, 3.8) is 0 Å². The van der Waals surface area contributed by atoms with Crippen LogP contribution < -0.4 is 9.64 Å². The number of nitrogens with zero attached hydrogens (tertiary/aromatic N) is 1. The van der Waals surface area contributed by atoms with Crippen LogP contribution in [0.3, 0.4) is 0 Å². The fourth-order valence-corrected chi connectivity index (χ4v) is 4.69. The first-order valence-corrected chi connectivity index (χ1v) is 9.47. The minimum Gasteiger partial charge on any atom is -0.406 e. The fraction of sp³-hybridized carbons (Fsp3) is 0.143. The SMILES string of the molecule is CN(c1ccc(OC(F)(F)F)cc1)c1cccc2c1sc1c(C(F)(F)F)cccc12. The Balaban J connectivity index is 1.79. The zero-order valence-corrected chi connectivity index (χ0v) is 16.1. The van der Waals surface area contributed by atoms with Crippen molar-refractivity contribution in [2.24, 2.45) is 0 Å². The molecule has 3 aromatic carbocycles. The Labute approximate surface area is 170 Å². The first kappa shape index (κ1) is 20.3. The standard InChI is InChI=1S/C21H13F6NOS/c1-28(12-8-10-13(11-9-12)29-21(25,26)27)17-7-3-5-15-14-4-2-6-16(20(22,23)24)18(14)30-19(15)17/h2-11H,1H3. The molecule has 0 aliphatic heterocycles. The zero-order valence-electron chi connectivity index (χ0n) is 15.3. The van der Waals surface area contributed by atoms with Crippen LogP contribution in [0.4, 0.5) is 37.7 Å². The third-order valence-electron chi connectivity index (χ3n) is 4.63. The number of hydrogen-bond donors (Lipinski definition) is 0. The van der Waals surface area contributed by atoms with Gasteiger partial charge in [-0.2, -0.15) is 13.2 Å². The van der Waals surface area contributed by atoms with E-state index < -0.39 is 18.1 Å². The van der Waals surface area contributed by atoms with E-state index in [1.54, 1.807) is 36.2 Å². The molecule has 1 aromatic heterocycles. The van der Waals surface area contributed by atoms with Crippen LogP contribution in [0.25, 0.3) is 20.2 Å². The topological polar surface area (TPSA) is 12.5 Å². The van der Waals surface area contributed by atoms with E-state index in [0.29, 0.717) is 26.8 Å². The average Bonchev–Trinajstić information content (AvgIpc) is 3.04. The number of fused-ring (bicyclic) bond motifs is 3. The molecule has 0 aliphatic carbocycles. The first-order chi connectivity index (χ1) is 14.0. The van der Waals surface area contributed by atoms with Crippen LogP contribution in [-0.2, 0) is 6.18 Å². The number of benzene rings is 3. The molecular weight excluding hydrogens is 428 g/mol.